The molecule has 74 valence electrons. The Kier molecular flexibility index (Phi) is 2.02. The summed E-state index contributed by atoms with van der Waals surface area (Å²) in [5, 5.41) is 6.14. The Hall–Kier alpha value is -0.650. The van der Waals surface area contributed by atoms with Crippen molar-refractivity contribution in [2.24, 2.45) is 5.73 Å². The Labute approximate surface area is 82.5 Å². The van der Waals surface area contributed by atoms with E-state index in [9.17, 15) is 0 Å². The van der Waals surface area contributed by atoms with E-state index < -0.39 is 0 Å². The summed E-state index contributed by atoms with van der Waals surface area (Å²) in [4.78, 5) is 4.18. The Morgan fingerprint density at radius 1 is 1.46 bits per heavy atom. The van der Waals surface area contributed by atoms with E-state index in [1.54, 1.807) is 0 Å². The number of hydrogen-bond donors (Lipinski definition) is 3. The van der Waals surface area contributed by atoms with Crippen molar-refractivity contribution in [1.29, 1.82) is 0 Å². The monoisotopic (exact) mass is 203 g/mol. The molecule has 6 heteroatoms. The van der Waals surface area contributed by atoms with Crippen molar-refractivity contribution in [3.8, 4) is 0 Å². The first-order valence-electron chi connectivity index (χ1n) is 4.18. The highest BCUT2D eigenvalue weighted by Gasteiger charge is 2.34. The minimum absolute atomic E-state index is 0.207. The first-order chi connectivity index (χ1) is 6.09. The zero-order chi connectivity index (χ0) is 9.59. The lowest BCUT2D eigenvalue weighted by Gasteiger charge is -2.30. The Morgan fingerprint density at radius 3 is 2.85 bits per heavy atom. The smallest absolute Gasteiger partial charge is 0.132 e. The van der Waals surface area contributed by atoms with Gasteiger partial charge in [-0.15, -0.1) is 0 Å². The molecule has 5 nitrogen and oxygen atoms in total. The van der Waals surface area contributed by atoms with E-state index in [1.807, 2.05) is 14.1 Å². The molecule has 0 amide bonds. The van der Waals surface area contributed by atoms with Crippen LogP contribution in [0.2, 0.25) is 0 Å². The molecule has 2 unspecified atom stereocenters. The van der Waals surface area contributed by atoms with Gasteiger partial charge >= 0.3 is 0 Å². The van der Waals surface area contributed by atoms with Crippen LogP contribution in [0.5, 0.6) is 0 Å². The van der Waals surface area contributed by atoms with Crippen LogP contribution < -0.4 is 16.4 Å². The molecule has 0 spiro atoms. The fourth-order valence-electron chi connectivity index (χ4n) is 1.76. The molecule has 0 aromatic carbocycles. The van der Waals surface area contributed by atoms with E-state index in [0.29, 0.717) is 0 Å². The van der Waals surface area contributed by atoms with Gasteiger partial charge in [0.05, 0.1) is 12.4 Å². The molecule has 0 fully saturated rings. The lowest BCUT2D eigenvalue weighted by Crippen LogP contribution is -2.57. The third-order valence-electron chi connectivity index (χ3n) is 2.32. The van der Waals surface area contributed by atoms with Gasteiger partial charge in [-0.2, -0.15) is 0 Å². The molecule has 4 N–H and O–H groups in total. The van der Waals surface area contributed by atoms with E-state index in [1.165, 1.54) is 0 Å². The van der Waals surface area contributed by atoms with Gasteiger partial charge in [0.15, 0.2) is 0 Å². The number of alkyl halides is 1. The first-order valence-corrected chi connectivity index (χ1v) is 4.62. The fourth-order valence-corrected chi connectivity index (χ4v) is 2.17. The highest BCUT2D eigenvalue weighted by molar-refractivity contribution is 6.22. The van der Waals surface area contributed by atoms with E-state index in [-0.39, 0.29) is 11.8 Å². The molecule has 0 saturated heterocycles. The summed E-state index contributed by atoms with van der Waals surface area (Å²) >= 11 is 6.12. The highest BCUT2D eigenvalue weighted by atomic mass is 35.5. The van der Waals surface area contributed by atoms with Gasteiger partial charge in [-0.05, 0) is 0 Å². The van der Waals surface area contributed by atoms with Crippen molar-refractivity contribution in [3.05, 3.63) is 11.5 Å². The van der Waals surface area contributed by atoms with E-state index in [4.69, 9.17) is 17.3 Å². The van der Waals surface area contributed by atoms with Crippen molar-refractivity contribution in [3.63, 3.8) is 0 Å². The molecule has 0 aromatic heterocycles. The standard InChI is InChI=1S/C7H14ClN5/c1-12-3-13(2)6-4(12)5(8)10-7(9)11-6/h5,7,10-11H,3,9H2,1-2H3. The molecule has 2 atom stereocenters. The Morgan fingerprint density at radius 2 is 2.15 bits per heavy atom. The molecule has 0 saturated carbocycles. The molecule has 0 bridgehead atoms. The maximum atomic E-state index is 6.12. The third-order valence-corrected chi connectivity index (χ3v) is 2.65. The average molecular weight is 204 g/mol. The molecule has 2 heterocycles. The lowest BCUT2D eigenvalue weighted by atomic mass is 10.3. The van der Waals surface area contributed by atoms with Gasteiger partial charge < -0.3 is 15.1 Å². The largest absolute Gasteiger partial charge is 0.355 e. The molecule has 0 radical (unpaired) electrons. The van der Waals surface area contributed by atoms with Crippen molar-refractivity contribution >= 4 is 11.6 Å². The van der Waals surface area contributed by atoms with E-state index in [2.05, 4.69) is 20.4 Å². The summed E-state index contributed by atoms with van der Waals surface area (Å²) in [7, 11) is 4.02. The van der Waals surface area contributed by atoms with Crippen molar-refractivity contribution in [1.82, 2.24) is 20.4 Å². The van der Waals surface area contributed by atoms with E-state index in [0.717, 1.165) is 18.2 Å². The van der Waals surface area contributed by atoms with Crippen LogP contribution in [0.3, 0.4) is 0 Å². The normalized spacial score (nSPS) is 33.5. The molecule has 0 aliphatic carbocycles. The van der Waals surface area contributed by atoms with Gasteiger partial charge in [-0.3, -0.25) is 11.1 Å². The van der Waals surface area contributed by atoms with Crippen LogP contribution >= 0.6 is 11.6 Å². The number of nitrogens with two attached hydrogens (primary N) is 1. The van der Waals surface area contributed by atoms with Crippen molar-refractivity contribution in [2.45, 2.75) is 11.8 Å². The van der Waals surface area contributed by atoms with Crippen LogP contribution in [-0.4, -0.2) is 42.4 Å². The summed E-state index contributed by atoms with van der Waals surface area (Å²) in [6, 6.07) is 0. The quantitative estimate of drug-likeness (QED) is 0.348. The van der Waals surface area contributed by atoms with Crippen LogP contribution in [-0.2, 0) is 0 Å². The van der Waals surface area contributed by atoms with Gasteiger partial charge in [0.25, 0.3) is 0 Å². The minimum atomic E-state index is -0.268. The van der Waals surface area contributed by atoms with Crippen LogP contribution in [0.25, 0.3) is 0 Å². The molecule has 2 aliphatic heterocycles. The summed E-state index contributed by atoms with van der Waals surface area (Å²) in [5.41, 5.74) is 6.56. The van der Waals surface area contributed by atoms with E-state index >= 15 is 0 Å². The van der Waals surface area contributed by atoms with Gasteiger partial charge in [0.2, 0.25) is 0 Å². The maximum Gasteiger partial charge on any atom is 0.132 e. The van der Waals surface area contributed by atoms with Gasteiger partial charge in [-0.25, -0.2) is 0 Å². The number of nitrogens with zero attached hydrogens (tertiary/aromatic N) is 2. The van der Waals surface area contributed by atoms with Crippen LogP contribution in [0.15, 0.2) is 11.5 Å². The van der Waals surface area contributed by atoms with Crippen molar-refractivity contribution in [2.75, 3.05) is 20.8 Å². The number of likely N-dealkylation sites (N-methyl/N-ethyl adjacent to an activating group) is 1. The minimum Gasteiger partial charge on any atom is -0.355 e. The summed E-state index contributed by atoms with van der Waals surface area (Å²) in [6.07, 6.45) is -0.268. The van der Waals surface area contributed by atoms with Gasteiger partial charge in [-0.1, -0.05) is 11.6 Å². The Balaban J connectivity index is 2.31. The van der Waals surface area contributed by atoms with Gasteiger partial charge in [0, 0.05) is 14.1 Å². The SMILES string of the molecule is CN1CN(C)C2=C1NC(N)NC2Cl. The zero-order valence-corrected chi connectivity index (χ0v) is 8.47. The lowest BCUT2D eigenvalue weighted by molar-refractivity contribution is 0.309. The van der Waals surface area contributed by atoms with Crippen LogP contribution in [0.1, 0.15) is 0 Å². The van der Waals surface area contributed by atoms with Crippen molar-refractivity contribution < 1.29 is 0 Å². The number of hydrogen-bond acceptors (Lipinski definition) is 5. The molecule has 2 rings (SSSR count). The zero-order valence-electron chi connectivity index (χ0n) is 7.71. The predicted octanol–water partition coefficient (Wildman–Crippen LogP) is -1.01. The highest BCUT2D eigenvalue weighted by Crippen LogP contribution is 2.25. The fraction of sp³-hybridized carbons (Fsp3) is 0.714. The topological polar surface area (TPSA) is 56.6 Å². The second-order valence-corrected chi connectivity index (χ2v) is 3.86. The molecule has 0 aromatic rings. The molecular weight excluding hydrogens is 190 g/mol. The van der Waals surface area contributed by atoms with Gasteiger partial charge in [0.1, 0.15) is 17.6 Å². The number of halogens is 1. The number of rotatable bonds is 0. The molecule has 13 heavy (non-hydrogen) atoms. The summed E-state index contributed by atoms with van der Waals surface area (Å²) in [6.45, 7) is 0.843. The Bertz CT molecular complexity index is 253. The predicted molar refractivity (Wildman–Crippen MR) is 51.3 cm³/mol. The maximum absolute atomic E-state index is 6.12. The molecular formula is C7H14ClN5. The number of nitrogens with one attached hydrogen (secondary N) is 2. The first kappa shape index (κ1) is 8.93. The second-order valence-electron chi connectivity index (χ2n) is 3.42. The summed E-state index contributed by atoms with van der Waals surface area (Å²) < 4.78 is 0. The molecule has 2 aliphatic rings. The average Bonchev–Trinajstić information content (AvgIpc) is 2.27. The van der Waals surface area contributed by atoms with Crippen LogP contribution in [0.4, 0.5) is 0 Å². The summed E-state index contributed by atoms with van der Waals surface area (Å²) in [5.74, 6) is 1.02. The third kappa shape index (κ3) is 1.33. The second kappa shape index (κ2) is 2.94. The van der Waals surface area contributed by atoms with Crippen LogP contribution in [0, 0.1) is 0 Å².